The number of benzene rings is 1. The molecule has 3 aromatic rings. The number of nitrogens with zero attached hydrogens (tertiary/aromatic N) is 4. The van der Waals surface area contributed by atoms with Crippen LogP contribution in [0.4, 0.5) is 5.82 Å². The monoisotopic (exact) mass is 267 g/mol. The molecule has 0 radical (unpaired) electrons. The quantitative estimate of drug-likeness (QED) is 0.772. The third-order valence-electron chi connectivity index (χ3n) is 3.19. The zero-order valence-electron chi connectivity index (χ0n) is 11.2. The summed E-state index contributed by atoms with van der Waals surface area (Å²) in [6.45, 7) is 1.76. The Labute approximate surface area is 117 Å². The van der Waals surface area contributed by atoms with Gasteiger partial charge in [0.25, 0.3) is 0 Å². The number of aromatic nitrogens is 4. The van der Waals surface area contributed by atoms with Crippen molar-refractivity contribution in [2.24, 2.45) is 0 Å². The summed E-state index contributed by atoms with van der Waals surface area (Å²) in [4.78, 5) is 4.44. The van der Waals surface area contributed by atoms with Crippen LogP contribution in [-0.2, 0) is 13.1 Å². The van der Waals surface area contributed by atoms with Gasteiger partial charge in [0, 0.05) is 37.2 Å². The van der Waals surface area contributed by atoms with E-state index in [1.165, 1.54) is 0 Å². The Kier molecular flexibility index (Phi) is 3.50. The summed E-state index contributed by atoms with van der Waals surface area (Å²) in [5.41, 5.74) is 6.74. The van der Waals surface area contributed by atoms with E-state index in [1.807, 2.05) is 47.5 Å². The first-order chi connectivity index (χ1) is 9.83. The van der Waals surface area contributed by atoms with E-state index < -0.39 is 0 Å². The van der Waals surface area contributed by atoms with Crippen molar-refractivity contribution < 1.29 is 0 Å². The second-order valence-electron chi connectivity index (χ2n) is 4.67. The summed E-state index contributed by atoms with van der Waals surface area (Å²) in [5.74, 6) is 1.57. The minimum atomic E-state index is 0.567. The van der Waals surface area contributed by atoms with Crippen molar-refractivity contribution in [3.63, 3.8) is 0 Å². The summed E-state index contributed by atoms with van der Waals surface area (Å²) >= 11 is 0. The first kappa shape index (κ1) is 12.5. The Bertz CT molecular complexity index is 668. The van der Waals surface area contributed by atoms with Gasteiger partial charge in [-0.15, -0.1) is 0 Å². The van der Waals surface area contributed by atoms with E-state index >= 15 is 0 Å². The predicted molar refractivity (Wildman–Crippen MR) is 78.9 cm³/mol. The molecule has 0 bridgehead atoms. The zero-order valence-corrected chi connectivity index (χ0v) is 11.2. The number of nitrogen functional groups attached to an aromatic ring is 1. The molecule has 0 atom stereocenters. The van der Waals surface area contributed by atoms with Crippen molar-refractivity contribution in [3.8, 4) is 11.4 Å². The third-order valence-corrected chi connectivity index (χ3v) is 3.19. The van der Waals surface area contributed by atoms with Crippen molar-refractivity contribution >= 4 is 5.82 Å². The van der Waals surface area contributed by atoms with Crippen molar-refractivity contribution in [3.05, 3.63) is 55.0 Å². The van der Waals surface area contributed by atoms with E-state index in [0.29, 0.717) is 5.82 Å². The molecule has 0 aliphatic carbocycles. The molecule has 5 nitrogen and oxygen atoms in total. The molecule has 1 aromatic carbocycles. The van der Waals surface area contributed by atoms with Crippen LogP contribution in [0.2, 0.25) is 0 Å². The van der Waals surface area contributed by atoms with E-state index in [-0.39, 0.29) is 0 Å². The molecule has 0 unspecified atom stereocenters. The van der Waals surface area contributed by atoms with Gasteiger partial charge in [-0.1, -0.05) is 30.3 Å². The lowest BCUT2D eigenvalue weighted by Crippen LogP contribution is -2.05. The van der Waals surface area contributed by atoms with Crippen molar-refractivity contribution in [2.45, 2.75) is 19.5 Å². The van der Waals surface area contributed by atoms with Crippen LogP contribution in [0.3, 0.4) is 0 Å². The van der Waals surface area contributed by atoms with Crippen LogP contribution in [-0.4, -0.2) is 19.3 Å². The van der Waals surface area contributed by atoms with Crippen LogP contribution < -0.4 is 5.73 Å². The average molecular weight is 267 g/mol. The summed E-state index contributed by atoms with van der Waals surface area (Å²) in [6.07, 6.45) is 6.74. The molecule has 2 heterocycles. The first-order valence-corrected chi connectivity index (χ1v) is 6.68. The summed E-state index contributed by atoms with van der Waals surface area (Å²) in [7, 11) is 0. The van der Waals surface area contributed by atoms with Crippen LogP contribution in [0.5, 0.6) is 0 Å². The fourth-order valence-corrected chi connectivity index (χ4v) is 2.24. The number of hydrogen-bond acceptors (Lipinski definition) is 3. The maximum Gasteiger partial charge on any atom is 0.145 e. The molecule has 5 heteroatoms. The number of imidazole rings is 1. The molecule has 0 saturated heterocycles. The highest BCUT2D eigenvalue weighted by atomic mass is 15.3. The van der Waals surface area contributed by atoms with E-state index in [4.69, 9.17) is 5.73 Å². The lowest BCUT2D eigenvalue weighted by atomic mass is 10.2. The average Bonchev–Trinajstić information content (AvgIpc) is 3.09. The van der Waals surface area contributed by atoms with Crippen molar-refractivity contribution in [1.82, 2.24) is 19.3 Å². The lowest BCUT2D eigenvalue weighted by molar-refractivity contribution is 0.530. The maximum atomic E-state index is 5.60. The van der Waals surface area contributed by atoms with Gasteiger partial charge in [-0.3, -0.25) is 4.68 Å². The molecule has 0 spiro atoms. The van der Waals surface area contributed by atoms with Gasteiger partial charge in [-0.2, -0.15) is 5.10 Å². The molecular formula is C15H17N5. The largest absolute Gasteiger partial charge is 0.382 e. The normalized spacial score (nSPS) is 10.8. The second-order valence-corrected chi connectivity index (χ2v) is 4.67. The summed E-state index contributed by atoms with van der Waals surface area (Å²) in [5, 5.41) is 4.18. The molecule has 0 saturated carbocycles. The van der Waals surface area contributed by atoms with Gasteiger partial charge >= 0.3 is 0 Å². The van der Waals surface area contributed by atoms with Crippen LogP contribution in [0.25, 0.3) is 11.4 Å². The third kappa shape index (κ3) is 2.71. The molecule has 2 N–H and O–H groups in total. The highest BCUT2D eigenvalue weighted by molar-refractivity contribution is 5.55. The van der Waals surface area contributed by atoms with Crippen LogP contribution in [0.15, 0.2) is 55.0 Å². The van der Waals surface area contributed by atoms with Gasteiger partial charge in [0.2, 0.25) is 0 Å². The van der Waals surface area contributed by atoms with Crippen molar-refractivity contribution in [2.75, 3.05) is 5.73 Å². The molecule has 102 valence electrons. The molecule has 0 aliphatic heterocycles. The molecular weight excluding hydrogens is 250 g/mol. The highest BCUT2D eigenvalue weighted by Gasteiger charge is 2.05. The second kappa shape index (κ2) is 5.61. The fraction of sp³-hybridized carbons (Fsp3) is 0.200. The van der Waals surface area contributed by atoms with E-state index in [9.17, 15) is 0 Å². The van der Waals surface area contributed by atoms with Gasteiger partial charge in [0.1, 0.15) is 11.6 Å². The van der Waals surface area contributed by atoms with Gasteiger partial charge in [0.15, 0.2) is 0 Å². The van der Waals surface area contributed by atoms with Crippen LogP contribution in [0, 0.1) is 0 Å². The minimum Gasteiger partial charge on any atom is -0.382 e. The Morgan fingerprint density at radius 2 is 1.85 bits per heavy atom. The van der Waals surface area contributed by atoms with Crippen LogP contribution in [0.1, 0.15) is 6.42 Å². The first-order valence-electron chi connectivity index (χ1n) is 6.68. The minimum absolute atomic E-state index is 0.567. The summed E-state index contributed by atoms with van der Waals surface area (Å²) in [6, 6.07) is 12.0. The predicted octanol–water partition coefficient (Wildman–Crippen LogP) is 2.42. The van der Waals surface area contributed by atoms with Crippen molar-refractivity contribution in [1.29, 1.82) is 0 Å². The highest BCUT2D eigenvalue weighted by Crippen LogP contribution is 2.17. The van der Waals surface area contributed by atoms with Gasteiger partial charge < -0.3 is 10.3 Å². The molecule has 0 fully saturated rings. The molecule has 3 rings (SSSR count). The Hall–Kier alpha value is -2.56. The van der Waals surface area contributed by atoms with E-state index in [0.717, 1.165) is 30.9 Å². The number of rotatable bonds is 5. The fourth-order valence-electron chi connectivity index (χ4n) is 2.24. The molecule has 0 amide bonds. The standard InChI is InChI=1S/C15H17N5/c16-14-7-11-20(18-14)10-4-9-19-12-8-17-15(19)13-5-2-1-3-6-13/h1-3,5-8,11-12H,4,9-10H2,(H2,16,18). The molecule has 0 aliphatic rings. The topological polar surface area (TPSA) is 61.7 Å². The van der Waals surface area contributed by atoms with Gasteiger partial charge in [-0.25, -0.2) is 4.98 Å². The SMILES string of the molecule is Nc1ccn(CCCn2ccnc2-c2ccccc2)n1. The van der Waals surface area contributed by atoms with E-state index in [1.54, 1.807) is 0 Å². The Morgan fingerprint density at radius 1 is 1.00 bits per heavy atom. The number of anilines is 1. The lowest BCUT2D eigenvalue weighted by Gasteiger charge is -2.08. The van der Waals surface area contributed by atoms with Crippen LogP contribution >= 0.6 is 0 Å². The number of nitrogens with two attached hydrogens (primary N) is 1. The Balaban J connectivity index is 1.65. The zero-order chi connectivity index (χ0) is 13.8. The van der Waals surface area contributed by atoms with Gasteiger partial charge in [-0.05, 0) is 12.5 Å². The maximum absolute atomic E-state index is 5.60. The smallest absolute Gasteiger partial charge is 0.145 e. The molecule has 20 heavy (non-hydrogen) atoms. The van der Waals surface area contributed by atoms with Gasteiger partial charge in [0.05, 0.1) is 0 Å². The summed E-state index contributed by atoms with van der Waals surface area (Å²) < 4.78 is 4.04. The Morgan fingerprint density at radius 3 is 2.60 bits per heavy atom. The number of hydrogen-bond donors (Lipinski definition) is 1. The van der Waals surface area contributed by atoms with E-state index in [2.05, 4.69) is 26.8 Å². The number of aryl methyl sites for hydroxylation is 2. The molecule has 2 aromatic heterocycles.